The van der Waals surface area contributed by atoms with Crippen molar-refractivity contribution in [2.24, 2.45) is 0 Å². The predicted octanol–water partition coefficient (Wildman–Crippen LogP) is 1.61. The van der Waals surface area contributed by atoms with Gasteiger partial charge in [0.1, 0.15) is 0 Å². The van der Waals surface area contributed by atoms with E-state index in [9.17, 15) is 0 Å². The van der Waals surface area contributed by atoms with E-state index in [0.29, 0.717) is 12.5 Å². The second-order valence-corrected chi connectivity index (χ2v) is 3.94. The van der Waals surface area contributed by atoms with Crippen molar-refractivity contribution in [2.45, 2.75) is 39.2 Å². The molecule has 3 nitrogen and oxygen atoms in total. The van der Waals surface area contributed by atoms with E-state index in [2.05, 4.69) is 37.2 Å². The van der Waals surface area contributed by atoms with Crippen LogP contribution in [0, 0.1) is 11.3 Å². The lowest BCUT2D eigenvalue weighted by molar-refractivity contribution is 0.269. The van der Waals surface area contributed by atoms with Crippen molar-refractivity contribution in [3.05, 3.63) is 0 Å². The monoisotopic (exact) mass is 197 g/mol. The van der Waals surface area contributed by atoms with Crippen LogP contribution >= 0.6 is 0 Å². The van der Waals surface area contributed by atoms with Gasteiger partial charge in [0.05, 0.1) is 6.07 Å². The molecule has 0 heterocycles. The minimum absolute atomic E-state index is 0.633. The van der Waals surface area contributed by atoms with E-state index in [0.717, 1.165) is 26.1 Å². The second-order valence-electron chi connectivity index (χ2n) is 3.94. The lowest BCUT2D eigenvalue weighted by atomic mass is 10.3. The number of nitrogens with one attached hydrogen (secondary N) is 1. The first-order valence-electron chi connectivity index (χ1n) is 5.46. The Kier molecular flexibility index (Phi) is 8.61. The van der Waals surface area contributed by atoms with Crippen LogP contribution in [0.4, 0.5) is 0 Å². The SMILES string of the molecule is CC(C)N(C)CCCNCCCC#N. The Morgan fingerprint density at radius 3 is 2.50 bits per heavy atom. The van der Waals surface area contributed by atoms with Gasteiger partial charge in [0, 0.05) is 12.5 Å². The smallest absolute Gasteiger partial charge is 0.0622 e. The quantitative estimate of drug-likeness (QED) is 0.601. The van der Waals surface area contributed by atoms with Gasteiger partial charge < -0.3 is 10.2 Å². The topological polar surface area (TPSA) is 39.1 Å². The fraction of sp³-hybridized carbons (Fsp3) is 0.909. The van der Waals surface area contributed by atoms with Gasteiger partial charge in [-0.3, -0.25) is 0 Å². The Labute approximate surface area is 88.1 Å². The van der Waals surface area contributed by atoms with Gasteiger partial charge in [0.25, 0.3) is 0 Å². The number of hydrogen-bond donors (Lipinski definition) is 1. The van der Waals surface area contributed by atoms with E-state index in [1.807, 2.05) is 0 Å². The van der Waals surface area contributed by atoms with Crippen molar-refractivity contribution in [1.29, 1.82) is 5.26 Å². The Morgan fingerprint density at radius 2 is 1.93 bits per heavy atom. The van der Waals surface area contributed by atoms with Gasteiger partial charge in [-0.05, 0) is 53.4 Å². The van der Waals surface area contributed by atoms with Crippen LogP contribution in [-0.4, -0.2) is 37.6 Å². The highest BCUT2D eigenvalue weighted by molar-refractivity contribution is 4.68. The van der Waals surface area contributed by atoms with Gasteiger partial charge in [0.2, 0.25) is 0 Å². The Morgan fingerprint density at radius 1 is 1.29 bits per heavy atom. The van der Waals surface area contributed by atoms with Gasteiger partial charge in [0.15, 0.2) is 0 Å². The molecule has 0 atom stereocenters. The number of nitriles is 1. The van der Waals surface area contributed by atoms with E-state index in [1.165, 1.54) is 6.42 Å². The molecule has 3 heteroatoms. The molecule has 1 N–H and O–H groups in total. The molecule has 0 unspecified atom stereocenters. The maximum Gasteiger partial charge on any atom is 0.0622 e. The molecule has 0 aliphatic heterocycles. The lowest BCUT2D eigenvalue weighted by Gasteiger charge is -2.20. The third-order valence-electron chi connectivity index (χ3n) is 2.39. The molecule has 0 aromatic carbocycles. The summed E-state index contributed by atoms with van der Waals surface area (Å²) in [6.07, 6.45) is 2.82. The molecule has 0 amide bonds. The zero-order chi connectivity index (χ0) is 10.8. The summed E-state index contributed by atoms with van der Waals surface area (Å²) in [6.45, 7) is 7.59. The normalized spacial score (nSPS) is 10.9. The lowest BCUT2D eigenvalue weighted by Crippen LogP contribution is -2.29. The van der Waals surface area contributed by atoms with Crippen LogP contribution in [0.2, 0.25) is 0 Å². The minimum atomic E-state index is 0.633. The molecule has 0 aromatic rings. The summed E-state index contributed by atoms with van der Waals surface area (Å²) >= 11 is 0. The van der Waals surface area contributed by atoms with Gasteiger partial charge >= 0.3 is 0 Å². The highest BCUT2D eigenvalue weighted by Crippen LogP contribution is 1.94. The van der Waals surface area contributed by atoms with E-state index < -0.39 is 0 Å². The van der Waals surface area contributed by atoms with Crippen LogP contribution in [-0.2, 0) is 0 Å². The Bertz CT molecular complexity index is 160. The molecule has 0 saturated heterocycles. The fourth-order valence-corrected chi connectivity index (χ4v) is 1.13. The van der Waals surface area contributed by atoms with Crippen LogP contribution < -0.4 is 5.32 Å². The van der Waals surface area contributed by atoms with Crippen molar-refractivity contribution in [1.82, 2.24) is 10.2 Å². The largest absolute Gasteiger partial charge is 0.317 e. The molecule has 82 valence electrons. The molecule has 14 heavy (non-hydrogen) atoms. The summed E-state index contributed by atoms with van der Waals surface area (Å²) < 4.78 is 0. The van der Waals surface area contributed by atoms with Crippen LogP contribution in [0.15, 0.2) is 0 Å². The van der Waals surface area contributed by atoms with E-state index >= 15 is 0 Å². The molecule has 0 spiro atoms. The molecule has 0 aromatic heterocycles. The van der Waals surface area contributed by atoms with Crippen molar-refractivity contribution in [3.63, 3.8) is 0 Å². The van der Waals surface area contributed by atoms with Crippen molar-refractivity contribution in [3.8, 4) is 6.07 Å². The Balaban J connectivity index is 3.10. The van der Waals surface area contributed by atoms with Crippen molar-refractivity contribution >= 4 is 0 Å². The zero-order valence-electron chi connectivity index (χ0n) is 9.71. The average molecular weight is 197 g/mol. The average Bonchev–Trinajstić information content (AvgIpc) is 2.16. The maximum atomic E-state index is 8.32. The molecule has 0 aliphatic rings. The van der Waals surface area contributed by atoms with Crippen LogP contribution in [0.3, 0.4) is 0 Å². The molecule has 0 rings (SSSR count). The minimum Gasteiger partial charge on any atom is -0.317 e. The van der Waals surface area contributed by atoms with Gasteiger partial charge in [-0.2, -0.15) is 5.26 Å². The van der Waals surface area contributed by atoms with Gasteiger partial charge in [-0.25, -0.2) is 0 Å². The third-order valence-corrected chi connectivity index (χ3v) is 2.39. The van der Waals surface area contributed by atoms with Gasteiger partial charge in [-0.15, -0.1) is 0 Å². The first-order valence-corrected chi connectivity index (χ1v) is 5.46. The summed E-state index contributed by atoms with van der Waals surface area (Å²) in [5.41, 5.74) is 0. The number of nitrogens with zero attached hydrogens (tertiary/aromatic N) is 2. The summed E-state index contributed by atoms with van der Waals surface area (Å²) in [7, 11) is 2.15. The number of unbranched alkanes of at least 4 members (excludes halogenated alkanes) is 1. The molecule has 0 bridgehead atoms. The highest BCUT2D eigenvalue weighted by Gasteiger charge is 2.00. The number of rotatable bonds is 8. The molecular formula is C11H23N3. The molecule has 0 saturated carbocycles. The van der Waals surface area contributed by atoms with E-state index in [-0.39, 0.29) is 0 Å². The van der Waals surface area contributed by atoms with E-state index in [1.54, 1.807) is 0 Å². The standard InChI is InChI=1S/C11H23N3/c1-11(2)14(3)10-6-9-13-8-5-4-7-12/h11,13H,4-6,8-10H2,1-3H3. The molecular weight excluding hydrogens is 174 g/mol. The van der Waals surface area contributed by atoms with E-state index in [4.69, 9.17) is 5.26 Å². The van der Waals surface area contributed by atoms with Crippen LogP contribution in [0.5, 0.6) is 0 Å². The second kappa shape index (κ2) is 8.98. The highest BCUT2D eigenvalue weighted by atomic mass is 15.1. The first kappa shape index (κ1) is 13.4. The van der Waals surface area contributed by atoms with Crippen LogP contribution in [0.1, 0.15) is 33.1 Å². The van der Waals surface area contributed by atoms with Crippen molar-refractivity contribution < 1.29 is 0 Å². The number of hydrogen-bond acceptors (Lipinski definition) is 3. The zero-order valence-corrected chi connectivity index (χ0v) is 9.71. The summed E-state index contributed by atoms with van der Waals surface area (Å²) in [5.74, 6) is 0. The summed E-state index contributed by atoms with van der Waals surface area (Å²) in [6, 6.07) is 2.78. The summed E-state index contributed by atoms with van der Waals surface area (Å²) in [5, 5.41) is 11.7. The molecule has 0 radical (unpaired) electrons. The first-order chi connectivity index (χ1) is 6.68. The fourth-order valence-electron chi connectivity index (χ4n) is 1.13. The van der Waals surface area contributed by atoms with Crippen LogP contribution in [0.25, 0.3) is 0 Å². The predicted molar refractivity (Wildman–Crippen MR) is 60.1 cm³/mol. The molecule has 0 aliphatic carbocycles. The Hall–Kier alpha value is -0.590. The summed E-state index contributed by atoms with van der Waals surface area (Å²) in [4.78, 5) is 2.34. The maximum absolute atomic E-state index is 8.32. The third kappa shape index (κ3) is 8.03. The van der Waals surface area contributed by atoms with Gasteiger partial charge in [-0.1, -0.05) is 0 Å². The molecule has 0 fully saturated rings. The van der Waals surface area contributed by atoms with Crippen molar-refractivity contribution in [2.75, 3.05) is 26.7 Å².